The molecule has 3 unspecified atom stereocenters. The smallest absolute Gasteiger partial charge is 0.224 e. The van der Waals surface area contributed by atoms with Crippen molar-refractivity contribution in [1.29, 1.82) is 0 Å². The SMILES string of the molecule is CCCC1CC1NC(=O)C(C)CCl. The summed E-state index contributed by atoms with van der Waals surface area (Å²) in [5.74, 6) is 1.21. The third-order valence-electron chi connectivity index (χ3n) is 2.59. The van der Waals surface area contributed by atoms with Gasteiger partial charge < -0.3 is 5.32 Å². The van der Waals surface area contributed by atoms with Gasteiger partial charge in [0, 0.05) is 17.8 Å². The number of rotatable bonds is 5. The van der Waals surface area contributed by atoms with Gasteiger partial charge in [-0.2, -0.15) is 0 Å². The number of hydrogen-bond donors (Lipinski definition) is 1. The second-order valence-corrected chi connectivity index (χ2v) is 4.26. The number of hydrogen-bond acceptors (Lipinski definition) is 1. The number of alkyl halides is 1. The summed E-state index contributed by atoms with van der Waals surface area (Å²) in [6.07, 6.45) is 3.61. The second-order valence-electron chi connectivity index (χ2n) is 3.95. The van der Waals surface area contributed by atoms with Crippen LogP contribution in [0.25, 0.3) is 0 Å². The molecular weight excluding hydrogens is 186 g/mol. The first-order chi connectivity index (χ1) is 6.19. The van der Waals surface area contributed by atoms with Gasteiger partial charge in [0.05, 0.1) is 0 Å². The van der Waals surface area contributed by atoms with E-state index in [0.29, 0.717) is 11.9 Å². The molecule has 0 aliphatic heterocycles. The third kappa shape index (κ3) is 3.18. The van der Waals surface area contributed by atoms with Crippen LogP contribution in [0.3, 0.4) is 0 Å². The number of amides is 1. The monoisotopic (exact) mass is 203 g/mol. The Morgan fingerprint density at radius 2 is 2.38 bits per heavy atom. The molecule has 3 atom stereocenters. The fraction of sp³-hybridized carbons (Fsp3) is 0.900. The van der Waals surface area contributed by atoms with E-state index in [9.17, 15) is 4.79 Å². The van der Waals surface area contributed by atoms with E-state index in [0.717, 1.165) is 12.3 Å². The Labute approximate surface area is 85.0 Å². The Kier molecular flexibility index (Phi) is 4.04. The standard InChI is InChI=1S/C10H18ClNO/c1-3-4-8-5-9(8)12-10(13)7(2)6-11/h7-9H,3-6H2,1-2H3,(H,12,13). The molecule has 13 heavy (non-hydrogen) atoms. The summed E-state index contributed by atoms with van der Waals surface area (Å²) >= 11 is 5.59. The Morgan fingerprint density at radius 1 is 1.69 bits per heavy atom. The first kappa shape index (κ1) is 10.8. The van der Waals surface area contributed by atoms with Crippen LogP contribution in [-0.4, -0.2) is 17.8 Å². The van der Waals surface area contributed by atoms with E-state index >= 15 is 0 Å². The van der Waals surface area contributed by atoms with Crippen LogP contribution in [0.2, 0.25) is 0 Å². The normalized spacial score (nSPS) is 28.2. The van der Waals surface area contributed by atoms with Crippen molar-refractivity contribution in [3.05, 3.63) is 0 Å². The molecule has 1 saturated carbocycles. The minimum atomic E-state index is -0.0513. The zero-order chi connectivity index (χ0) is 9.84. The molecule has 3 heteroatoms. The van der Waals surface area contributed by atoms with Crippen molar-refractivity contribution in [3.63, 3.8) is 0 Å². The molecule has 0 aromatic heterocycles. The first-order valence-corrected chi connectivity index (χ1v) is 5.58. The quantitative estimate of drug-likeness (QED) is 0.682. The van der Waals surface area contributed by atoms with E-state index in [4.69, 9.17) is 11.6 Å². The highest BCUT2D eigenvalue weighted by molar-refractivity contribution is 6.19. The van der Waals surface area contributed by atoms with Crippen LogP contribution in [0, 0.1) is 11.8 Å². The largest absolute Gasteiger partial charge is 0.353 e. The molecule has 0 aromatic rings. The number of halogens is 1. The molecule has 2 nitrogen and oxygen atoms in total. The van der Waals surface area contributed by atoms with Gasteiger partial charge in [0.15, 0.2) is 0 Å². The molecule has 1 aliphatic rings. The summed E-state index contributed by atoms with van der Waals surface area (Å²) in [4.78, 5) is 11.4. The summed E-state index contributed by atoms with van der Waals surface area (Å²) < 4.78 is 0. The lowest BCUT2D eigenvalue weighted by Gasteiger charge is -2.08. The topological polar surface area (TPSA) is 29.1 Å². The second kappa shape index (κ2) is 4.85. The third-order valence-corrected chi connectivity index (χ3v) is 3.05. The molecule has 0 bridgehead atoms. The van der Waals surface area contributed by atoms with Gasteiger partial charge in [-0.15, -0.1) is 11.6 Å². The summed E-state index contributed by atoms with van der Waals surface area (Å²) in [5.41, 5.74) is 0. The number of carbonyl (C=O) groups is 1. The molecule has 0 aromatic carbocycles. The molecule has 0 radical (unpaired) electrons. The Bertz CT molecular complexity index is 184. The molecule has 0 spiro atoms. The summed E-state index contributed by atoms with van der Waals surface area (Å²) in [6.45, 7) is 4.04. The van der Waals surface area contributed by atoms with E-state index in [-0.39, 0.29) is 11.8 Å². The van der Waals surface area contributed by atoms with Crippen molar-refractivity contribution in [1.82, 2.24) is 5.32 Å². The fourth-order valence-corrected chi connectivity index (χ4v) is 1.65. The fourth-order valence-electron chi connectivity index (χ4n) is 1.51. The van der Waals surface area contributed by atoms with Crippen molar-refractivity contribution in [3.8, 4) is 0 Å². The van der Waals surface area contributed by atoms with Crippen molar-refractivity contribution < 1.29 is 4.79 Å². The van der Waals surface area contributed by atoms with Crippen LogP contribution in [0.15, 0.2) is 0 Å². The zero-order valence-electron chi connectivity index (χ0n) is 8.35. The van der Waals surface area contributed by atoms with Crippen LogP contribution in [0.5, 0.6) is 0 Å². The zero-order valence-corrected chi connectivity index (χ0v) is 9.10. The van der Waals surface area contributed by atoms with E-state index in [1.54, 1.807) is 0 Å². The maximum Gasteiger partial charge on any atom is 0.224 e. The van der Waals surface area contributed by atoms with Gasteiger partial charge >= 0.3 is 0 Å². The average Bonchev–Trinajstić information content (AvgIpc) is 2.83. The Morgan fingerprint density at radius 3 is 2.92 bits per heavy atom. The van der Waals surface area contributed by atoms with Crippen LogP contribution in [0.1, 0.15) is 33.1 Å². The van der Waals surface area contributed by atoms with Crippen LogP contribution < -0.4 is 5.32 Å². The van der Waals surface area contributed by atoms with Gasteiger partial charge in [-0.3, -0.25) is 4.79 Å². The summed E-state index contributed by atoms with van der Waals surface area (Å²) in [5, 5.41) is 3.02. The average molecular weight is 204 g/mol. The predicted octanol–water partition coefficient (Wildman–Crippen LogP) is 2.17. The van der Waals surface area contributed by atoms with Gasteiger partial charge in [0.25, 0.3) is 0 Å². The maximum absolute atomic E-state index is 11.4. The minimum absolute atomic E-state index is 0.0513. The molecular formula is C10H18ClNO. The van der Waals surface area contributed by atoms with Gasteiger partial charge in [0.2, 0.25) is 5.91 Å². The van der Waals surface area contributed by atoms with Gasteiger partial charge in [0.1, 0.15) is 0 Å². The predicted molar refractivity (Wildman–Crippen MR) is 54.8 cm³/mol. The Balaban J connectivity index is 2.16. The lowest BCUT2D eigenvalue weighted by Crippen LogP contribution is -2.32. The summed E-state index contributed by atoms with van der Waals surface area (Å²) in [6, 6.07) is 0.443. The van der Waals surface area contributed by atoms with Gasteiger partial charge in [-0.1, -0.05) is 20.3 Å². The van der Waals surface area contributed by atoms with Crippen LogP contribution in [0.4, 0.5) is 0 Å². The van der Waals surface area contributed by atoms with Crippen molar-refractivity contribution >= 4 is 17.5 Å². The van der Waals surface area contributed by atoms with Crippen molar-refractivity contribution in [2.75, 3.05) is 5.88 Å². The first-order valence-electron chi connectivity index (χ1n) is 5.05. The van der Waals surface area contributed by atoms with Gasteiger partial charge in [-0.05, 0) is 18.8 Å². The van der Waals surface area contributed by atoms with Gasteiger partial charge in [-0.25, -0.2) is 0 Å². The molecule has 1 fully saturated rings. The molecule has 1 aliphatic carbocycles. The van der Waals surface area contributed by atoms with Crippen LogP contribution in [-0.2, 0) is 4.79 Å². The van der Waals surface area contributed by atoms with E-state index in [1.807, 2.05) is 6.92 Å². The van der Waals surface area contributed by atoms with Crippen molar-refractivity contribution in [2.45, 2.75) is 39.2 Å². The highest BCUT2D eigenvalue weighted by Gasteiger charge is 2.37. The number of carbonyl (C=O) groups excluding carboxylic acids is 1. The van der Waals surface area contributed by atoms with Crippen LogP contribution >= 0.6 is 11.6 Å². The number of nitrogens with one attached hydrogen (secondary N) is 1. The highest BCUT2D eigenvalue weighted by Crippen LogP contribution is 2.34. The molecule has 0 saturated heterocycles. The van der Waals surface area contributed by atoms with E-state index in [1.165, 1.54) is 12.8 Å². The lowest BCUT2D eigenvalue weighted by atomic mass is 10.2. The molecule has 1 rings (SSSR count). The maximum atomic E-state index is 11.4. The minimum Gasteiger partial charge on any atom is -0.353 e. The van der Waals surface area contributed by atoms with Crippen molar-refractivity contribution in [2.24, 2.45) is 11.8 Å². The summed E-state index contributed by atoms with van der Waals surface area (Å²) in [7, 11) is 0. The molecule has 0 heterocycles. The highest BCUT2D eigenvalue weighted by atomic mass is 35.5. The van der Waals surface area contributed by atoms with E-state index in [2.05, 4.69) is 12.2 Å². The molecule has 1 amide bonds. The Hall–Kier alpha value is -0.240. The molecule has 76 valence electrons. The lowest BCUT2D eigenvalue weighted by molar-refractivity contribution is -0.124. The molecule has 1 N–H and O–H groups in total. The van der Waals surface area contributed by atoms with E-state index < -0.39 is 0 Å².